The van der Waals surface area contributed by atoms with Crippen molar-refractivity contribution in [3.8, 4) is 0 Å². The molecule has 0 aliphatic carbocycles. The monoisotopic (exact) mass is 242 g/mol. The Balaban J connectivity index is 3.16. The molecule has 0 saturated carbocycles. The van der Waals surface area contributed by atoms with Gasteiger partial charge in [-0.05, 0) is 25.5 Å². The minimum Gasteiger partial charge on any atom is -0.268 e. The van der Waals surface area contributed by atoms with Gasteiger partial charge in [0.05, 0.1) is 0 Å². The van der Waals surface area contributed by atoms with Crippen molar-refractivity contribution in [2.45, 2.75) is 33.7 Å². The Labute approximate surface area is 100 Å². The van der Waals surface area contributed by atoms with Crippen molar-refractivity contribution in [3.63, 3.8) is 0 Å². The molecule has 0 aliphatic rings. The molecule has 1 unspecified atom stereocenters. The average molecular weight is 242 g/mol. The highest BCUT2D eigenvalue weighted by Crippen LogP contribution is 2.06. The zero-order valence-electron chi connectivity index (χ0n) is 9.91. The van der Waals surface area contributed by atoms with E-state index in [0.29, 0.717) is 29.3 Å². The molecule has 0 aromatic carbocycles. The van der Waals surface area contributed by atoms with E-state index >= 15 is 0 Å². The second-order valence-corrected chi connectivity index (χ2v) is 4.43. The Kier molecular flexibility index (Phi) is 4.41. The highest BCUT2D eigenvalue weighted by Gasteiger charge is 2.10. The Hall–Kier alpha value is -0.970. The molecular formula is C11H18N2O2S. The smallest absolute Gasteiger partial charge is 0.268 e. The molecule has 0 radical (unpaired) electrons. The topological polar surface area (TPSA) is 54.9 Å². The third-order valence-electron chi connectivity index (χ3n) is 2.98. The highest BCUT2D eigenvalue weighted by atomic mass is 32.1. The molecule has 1 aromatic rings. The van der Waals surface area contributed by atoms with Crippen molar-refractivity contribution in [3.05, 3.63) is 31.8 Å². The van der Waals surface area contributed by atoms with Gasteiger partial charge in [-0.3, -0.25) is 14.7 Å². The quantitative estimate of drug-likeness (QED) is 0.777. The lowest BCUT2D eigenvalue weighted by molar-refractivity contribution is 0.425. The van der Waals surface area contributed by atoms with Crippen molar-refractivity contribution >= 4 is 12.6 Å². The summed E-state index contributed by atoms with van der Waals surface area (Å²) in [5.74, 6) is 1.01. The van der Waals surface area contributed by atoms with E-state index in [9.17, 15) is 9.59 Å². The summed E-state index contributed by atoms with van der Waals surface area (Å²) in [6.07, 6.45) is 0.935. The van der Waals surface area contributed by atoms with E-state index in [2.05, 4.69) is 17.7 Å². The lowest BCUT2D eigenvalue weighted by atomic mass is 10.1. The van der Waals surface area contributed by atoms with E-state index in [4.69, 9.17) is 0 Å². The minimum absolute atomic E-state index is 0.114. The number of hydrogen-bond donors (Lipinski definition) is 2. The van der Waals surface area contributed by atoms with Crippen molar-refractivity contribution < 1.29 is 0 Å². The fourth-order valence-corrected chi connectivity index (χ4v) is 1.87. The lowest BCUT2D eigenvalue weighted by Crippen LogP contribution is -2.35. The lowest BCUT2D eigenvalue weighted by Gasteiger charge is -2.14. The molecule has 1 heterocycles. The standard InChI is InChI=1S/C11H18N2O2S/c1-4-9(6-16)5-13-11(15)8(3)7(2)10(14)12-13/h9,16H,4-6H2,1-3H3,(H,12,14). The van der Waals surface area contributed by atoms with Crippen molar-refractivity contribution in [2.24, 2.45) is 5.92 Å². The summed E-state index contributed by atoms with van der Waals surface area (Å²) in [5.41, 5.74) is 0.724. The van der Waals surface area contributed by atoms with Crippen LogP contribution in [0.4, 0.5) is 0 Å². The molecule has 16 heavy (non-hydrogen) atoms. The van der Waals surface area contributed by atoms with Crippen LogP contribution in [0.1, 0.15) is 24.5 Å². The van der Waals surface area contributed by atoms with Crippen LogP contribution in [0.3, 0.4) is 0 Å². The highest BCUT2D eigenvalue weighted by molar-refractivity contribution is 7.80. The van der Waals surface area contributed by atoms with Gasteiger partial charge in [-0.1, -0.05) is 13.3 Å². The number of hydrogen-bond acceptors (Lipinski definition) is 3. The summed E-state index contributed by atoms with van der Waals surface area (Å²) in [5, 5.41) is 2.60. The molecule has 0 bridgehead atoms. The van der Waals surface area contributed by atoms with E-state index in [1.165, 1.54) is 4.68 Å². The molecule has 0 aliphatic heterocycles. The zero-order chi connectivity index (χ0) is 12.3. The molecule has 4 nitrogen and oxygen atoms in total. The van der Waals surface area contributed by atoms with Crippen LogP contribution in [0.25, 0.3) is 0 Å². The van der Waals surface area contributed by atoms with Gasteiger partial charge >= 0.3 is 0 Å². The van der Waals surface area contributed by atoms with E-state index in [0.717, 1.165) is 6.42 Å². The largest absolute Gasteiger partial charge is 0.268 e. The maximum atomic E-state index is 11.9. The molecule has 1 atom stereocenters. The van der Waals surface area contributed by atoms with Gasteiger partial charge in [0, 0.05) is 17.7 Å². The molecule has 0 amide bonds. The molecular weight excluding hydrogens is 224 g/mol. The summed E-state index contributed by atoms with van der Waals surface area (Å²) in [6.45, 7) is 5.92. The molecule has 0 spiro atoms. The Morgan fingerprint density at radius 3 is 2.44 bits per heavy atom. The number of nitrogens with one attached hydrogen (secondary N) is 1. The van der Waals surface area contributed by atoms with E-state index in [1.807, 2.05) is 6.92 Å². The number of nitrogens with zero attached hydrogens (tertiary/aromatic N) is 1. The van der Waals surface area contributed by atoms with Crippen LogP contribution >= 0.6 is 12.6 Å². The zero-order valence-corrected chi connectivity index (χ0v) is 10.8. The van der Waals surface area contributed by atoms with Crippen molar-refractivity contribution in [2.75, 3.05) is 5.75 Å². The molecule has 1 rings (SSSR count). The van der Waals surface area contributed by atoms with E-state index in [-0.39, 0.29) is 11.1 Å². The number of H-pyrrole nitrogens is 1. The van der Waals surface area contributed by atoms with Crippen LogP contribution in [0.15, 0.2) is 9.59 Å². The molecule has 1 N–H and O–H groups in total. The first-order valence-corrected chi connectivity index (χ1v) is 6.05. The van der Waals surface area contributed by atoms with Crippen LogP contribution in [0, 0.1) is 19.8 Å². The third kappa shape index (κ3) is 2.58. The summed E-state index contributed by atoms with van der Waals surface area (Å²) in [7, 11) is 0. The summed E-state index contributed by atoms with van der Waals surface area (Å²) >= 11 is 4.22. The van der Waals surface area contributed by atoms with Gasteiger partial charge in [0.2, 0.25) is 0 Å². The normalized spacial score (nSPS) is 12.8. The Morgan fingerprint density at radius 1 is 1.31 bits per heavy atom. The van der Waals surface area contributed by atoms with Crippen LogP contribution in [0.5, 0.6) is 0 Å². The first-order valence-electron chi connectivity index (χ1n) is 5.42. The molecule has 0 fully saturated rings. The van der Waals surface area contributed by atoms with E-state index < -0.39 is 0 Å². The van der Waals surface area contributed by atoms with Gasteiger partial charge in [-0.15, -0.1) is 0 Å². The molecule has 1 aromatic heterocycles. The maximum Gasteiger partial charge on any atom is 0.268 e. The molecule has 0 saturated heterocycles. The summed E-state index contributed by atoms with van der Waals surface area (Å²) in [4.78, 5) is 23.4. The number of rotatable bonds is 4. The number of aromatic amines is 1. The van der Waals surface area contributed by atoms with Crippen molar-refractivity contribution in [1.82, 2.24) is 9.78 Å². The third-order valence-corrected chi connectivity index (χ3v) is 3.50. The summed E-state index contributed by atoms with van der Waals surface area (Å²) in [6, 6.07) is 0. The van der Waals surface area contributed by atoms with Gasteiger partial charge in [0.25, 0.3) is 11.1 Å². The van der Waals surface area contributed by atoms with Crippen LogP contribution < -0.4 is 11.1 Å². The number of aromatic nitrogens is 2. The predicted molar refractivity (Wildman–Crippen MR) is 68.4 cm³/mol. The van der Waals surface area contributed by atoms with Crippen molar-refractivity contribution in [1.29, 1.82) is 0 Å². The maximum absolute atomic E-state index is 11.9. The van der Waals surface area contributed by atoms with Gasteiger partial charge in [-0.2, -0.15) is 12.6 Å². The van der Waals surface area contributed by atoms with Gasteiger partial charge in [0.15, 0.2) is 0 Å². The second-order valence-electron chi connectivity index (χ2n) is 4.06. The average Bonchev–Trinajstić information content (AvgIpc) is 2.29. The molecule has 5 heteroatoms. The second kappa shape index (κ2) is 5.39. The number of thiol groups is 1. The van der Waals surface area contributed by atoms with Gasteiger partial charge < -0.3 is 0 Å². The minimum atomic E-state index is -0.189. The Morgan fingerprint density at radius 2 is 1.94 bits per heavy atom. The fraction of sp³-hybridized carbons (Fsp3) is 0.636. The summed E-state index contributed by atoms with van der Waals surface area (Å²) < 4.78 is 1.40. The predicted octanol–water partition coefficient (Wildman–Crippen LogP) is 1.11. The first kappa shape index (κ1) is 13.1. The van der Waals surface area contributed by atoms with Crippen LogP contribution in [0.2, 0.25) is 0 Å². The van der Waals surface area contributed by atoms with Gasteiger partial charge in [0.1, 0.15) is 0 Å². The first-order chi connectivity index (χ1) is 7.51. The molecule has 90 valence electrons. The van der Waals surface area contributed by atoms with Gasteiger partial charge in [-0.25, -0.2) is 4.68 Å². The van der Waals surface area contributed by atoms with Crippen LogP contribution in [-0.2, 0) is 6.54 Å². The van der Waals surface area contributed by atoms with Crippen LogP contribution in [-0.4, -0.2) is 15.5 Å². The fourth-order valence-electron chi connectivity index (χ4n) is 1.49. The van der Waals surface area contributed by atoms with E-state index in [1.54, 1.807) is 13.8 Å². The Bertz CT molecular complexity index is 472. The SMILES string of the molecule is CCC(CS)Cn1[nH]c(=O)c(C)c(C)c1=O.